The van der Waals surface area contributed by atoms with Crippen LogP contribution in [0.2, 0.25) is 0 Å². The van der Waals surface area contributed by atoms with Crippen LogP contribution in [0.25, 0.3) is 11.4 Å². The zero-order chi connectivity index (χ0) is 24.1. The molecule has 0 fully saturated rings. The van der Waals surface area contributed by atoms with Gasteiger partial charge in [0.25, 0.3) is 0 Å². The van der Waals surface area contributed by atoms with E-state index in [-0.39, 0.29) is 35.6 Å². The summed E-state index contributed by atoms with van der Waals surface area (Å²) in [6.07, 6.45) is -0.261. The van der Waals surface area contributed by atoms with Gasteiger partial charge in [-0.2, -0.15) is 0 Å². The maximum Gasteiger partial charge on any atom is 0.343 e. The Balaban J connectivity index is 2.04. The molecule has 0 amide bonds. The Morgan fingerprint density at radius 2 is 1.64 bits per heavy atom. The average Bonchev–Trinajstić information content (AvgIpc) is 2.73. The van der Waals surface area contributed by atoms with Crippen molar-refractivity contribution in [3.8, 4) is 11.4 Å². The third-order valence-corrected chi connectivity index (χ3v) is 4.48. The number of hydrogen-bond donors (Lipinski definition) is 1. The lowest BCUT2D eigenvalue weighted by atomic mass is 10.1. The SMILES string of the molecule is CCOC(=O)c1c(C)nc(-c2c(F)cccc2F)nc1Nc1ccc(C(=O)OC(C)C)cc1. The zero-order valence-corrected chi connectivity index (χ0v) is 18.6. The van der Waals surface area contributed by atoms with Crippen LogP contribution in [0, 0.1) is 18.6 Å². The Hall–Kier alpha value is -3.88. The van der Waals surface area contributed by atoms with Gasteiger partial charge in [-0.25, -0.2) is 28.3 Å². The van der Waals surface area contributed by atoms with Crippen molar-refractivity contribution in [1.82, 2.24) is 9.97 Å². The van der Waals surface area contributed by atoms with Crippen LogP contribution in [-0.2, 0) is 9.47 Å². The minimum atomic E-state index is -0.836. The van der Waals surface area contributed by atoms with Gasteiger partial charge in [0, 0.05) is 5.69 Å². The highest BCUT2D eigenvalue weighted by Gasteiger charge is 2.23. The van der Waals surface area contributed by atoms with Crippen LogP contribution in [0.3, 0.4) is 0 Å². The molecule has 0 bridgehead atoms. The molecule has 2 aromatic carbocycles. The molecule has 0 spiro atoms. The maximum atomic E-state index is 14.3. The monoisotopic (exact) mass is 455 g/mol. The molecule has 0 aliphatic heterocycles. The molecule has 1 heterocycles. The van der Waals surface area contributed by atoms with Crippen LogP contribution in [0.1, 0.15) is 47.2 Å². The number of nitrogens with zero attached hydrogens (tertiary/aromatic N) is 2. The molecule has 0 aliphatic carbocycles. The molecule has 0 radical (unpaired) electrons. The highest BCUT2D eigenvalue weighted by molar-refractivity contribution is 5.97. The van der Waals surface area contributed by atoms with Gasteiger partial charge in [0.05, 0.1) is 29.5 Å². The molecular formula is C24H23F2N3O4. The third kappa shape index (κ3) is 5.49. The highest BCUT2D eigenvalue weighted by Crippen LogP contribution is 2.29. The van der Waals surface area contributed by atoms with Gasteiger partial charge >= 0.3 is 11.9 Å². The van der Waals surface area contributed by atoms with Gasteiger partial charge in [-0.3, -0.25) is 0 Å². The highest BCUT2D eigenvalue weighted by atomic mass is 19.1. The molecular weight excluding hydrogens is 432 g/mol. The number of anilines is 2. The van der Waals surface area contributed by atoms with E-state index in [0.717, 1.165) is 12.1 Å². The van der Waals surface area contributed by atoms with E-state index in [4.69, 9.17) is 9.47 Å². The van der Waals surface area contributed by atoms with Crippen LogP contribution >= 0.6 is 0 Å². The summed E-state index contributed by atoms with van der Waals surface area (Å²) < 4.78 is 38.9. The summed E-state index contributed by atoms with van der Waals surface area (Å²) in [5.74, 6) is -3.05. The largest absolute Gasteiger partial charge is 0.462 e. The normalized spacial score (nSPS) is 10.8. The number of aryl methyl sites for hydroxylation is 1. The first kappa shape index (κ1) is 23.8. The van der Waals surface area contributed by atoms with Gasteiger partial charge in [-0.1, -0.05) is 6.07 Å². The van der Waals surface area contributed by atoms with Crippen LogP contribution in [0.4, 0.5) is 20.3 Å². The van der Waals surface area contributed by atoms with E-state index < -0.39 is 29.1 Å². The summed E-state index contributed by atoms with van der Waals surface area (Å²) in [6, 6.07) is 9.69. The fourth-order valence-corrected chi connectivity index (χ4v) is 3.04. The van der Waals surface area contributed by atoms with E-state index >= 15 is 0 Å². The van der Waals surface area contributed by atoms with Crippen molar-refractivity contribution in [2.45, 2.75) is 33.8 Å². The standard InChI is InChI=1S/C24H23F2N3O4/c1-5-32-24(31)19-14(4)27-22(20-17(25)7-6-8-18(20)26)29-21(19)28-16-11-9-15(10-12-16)23(30)33-13(2)3/h6-13H,5H2,1-4H3,(H,27,28,29). The van der Waals surface area contributed by atoms with E-state index in [1.807, 2.05) is 0 Å². The zero-order valence-electron chi connectivity index (χ0n) is 18.6. The summed E-state index contributed by atoms with van der Waals surface area (Å²) >= 11 is 0. The van der Waals surface area contributed by atoms with Crippen LogP contribution in [0.5, 0.6) is 0 Å². The Labute approximate surface area is 189 Å². The smallest absolute Gasteiger partial charge is 0.343 e. The number of rotatable bonds is 7. The second-order valence-electron chi connectivity index (χ2n) is 7.33. The summed E-state index contributed by atoms with van der Waals surface area (Å²) in [5.41, 5.74) is 0.611. The van der Waals surface area contributed by atoms with Crippen LogP contribution in [0.15, 0.2) is 42.5 Å². The number of carbonyl (C=O) groups excluding carboxylic acids is 2. The number of ether oxygens (including phenoxy) is 2. The van der Waals surface area contributed by atoms with Gasteiger partial charge in [0.1, 0.15) is 23.0 Å². The van der Waals surface area contributed by atoms with Crippen molar-refractivity contribution < 1.29 is 27.8 Å². The topological polar surface area (TPSA) is 90.4 Å². The number of carbonyl (C=O) groups is 2. The molecule has 0 unspecified atom stereocenters. The van der Waals surface area contributed by atoms with E-state index in [2.05, 4.69) is 15.3 Å². The van der Waals surface area contributed by atoms with Gasteiger partial charge < -0.3 is 14.8 Å². The van der Waals surface area contributed by atoms with Gasteiger partial charge in [0.15, 0.2) is 5.82 Å². The molecule has 0 atom stereocenters. The van der Waals surface area contributed by atoms with E-state index in [9.17, 15) is 18.4 Å². The summed E-state index contributed by atoms with van der Waals surface area (Å²) in [5, 5.41) is 2.96. The number of benzene rings is 2. The minimum absolute atomic E-state index is 0.0103. The van der Waals surface area contributed by atoms with E-state index in [1.165, 1.54) is 13.0 Å². The number of nitrogens with one attached hydrogen (secondary N) is 1. The quantitative estimate of drug-likeness (QED) is 0.489. The number of halogens is 2. The van der Waals surface area contributed by atoms with E-state index in [1.54, 1.807) is 45.0 Å². The minimum Gasteiger partial charge on any atom is -0.462 e. The Bertz CT molecular complexity index is 1160. The first-order valence-corrected chi connectivity index (χ1v) is 10.3. The summed E-state index contributed by atoms with van der Waals surface area (Å²) in [6.45, 7) is 6.79. The second-order valence-corrected chi connectivity index (χ2v) is 7.33. The fraction of sp³-hybridized carbons (Fsp3) is 0.250. The Morgan fingerprint density at radius 3 is 2.21 bits per heavy atom. The molecule has 9 heteroatoms. The molecule has 0 aliphatic rings. The fourth-order valence-electron chi connectivity index (χ4n) is 3.04. The van der Waals surface area contributed by atoms with Gasteiger partial charge in [-0.05, 0) is 64.1 Å². The molecule has 0 saturated heterocycles. The second kappa shape index (κ2) is 10.2. The van der Waals surface area contributed by atoms with Crippen molar-refractivity contribution in [2.75, 3.05) is 11.9 Å². The van der Waals surface area contributed by atoms with Crippen molar-refractivity contribution in [3.05, 3.63) is 70.9 Å². The average molecular weight is 455 g/mol. The molecule has 33 heavy (non-hydrogen) atoms. The maximum absolute atomic E-state index is 14.3. The van der Waals surface area contributed by atoms with Gasteiger partial charge in [-0.15, -0.1) is 0 Å². The molecule has 3 aromatic rings. The van der Waals surface area contributed by atoms with E-state index in [0.29, 0.717) is 11.3 Å². The van der Waals surface area contributed by atoms with Gasteiger partial charge in [0.2, 0.25) is 0 Å². The molecule has 0 saturated carbocycles. The third-order valence-electron chi connectivity index (χ3n) is 4.48. The molecule has 172 valence electrons. The van der Waals surface area contributed by atoms with Crippen molar-refractivity contribution in [1.29, 1.82) is 0 Å². The first-order valence-electron chi connectivity index (χ1n) is 10.3. The number of aromatic nitrogens is 2. The predicted molar refractivity (Wildman–Crippen MR) is 118 cm³/mol. The lowest BCUT2D eigenvalue weighted by Crippen LogP contribution is -2.14. The Kier molecular flexibility index (Phi) is 7.32. The van der Waals surface area contributed by atoms with Crippen LogP contribution < -0.4 is 5.32 Å². The molecule has 1 aromatic heterocycles. The predicted octanol–water partition coefficient (Wildman–Crippen LogP) is 5.22. The lowest BCUT2D eigenvalue weighted by molar-refractivity contribution is 0.0377. The van der Waals surface area contributed by atoms with Crippen LogP contribution in [-0.4, -0.2) is 34.6 Å². The van der Waals surface area contributed by atoms with Crippen molar-refractivity contribution >= 4 is 23.4 Å². The first-order chi connectivity index (χ1) is 15.7. The summed E-state index contributed by atoms with van der Waals surface area (Å²) in [7, 11) is 0. The van der Waals surface area contributed by atoms with Crippen molar-refractivity contribution in [3.63, 3.8) is 0 Å². The van der Waals surface area contributed by atoms with Crippen molar-refractivity contribution in [2.24, 2.45) is 0 Å². The lowest BCUT2D eigenvalue weighted by Gasteiger charge is -2.15. The number of hydrogen-bond acceptors (Lipinski definition) is 7. The molecule has 3 rings (SSSR count). The summed E-state index contributed by atoms with van der Waals surface area (Å²) in [4.78, 5) is 33.0. The molecule has 7 nitrogen and oxygen atoms in total. The number of esters is 2. The Morgan fingerprint density at radius 1 is 1.00 bits per heavy atom. The molecule has 1 N–H and O–H groups in total.